The van der Waals surface area contributed by atoms with Crippen molar-refractivity contribution < 1.29 is 14.4 Å². The molecule has 6 aliphatic rings. The Balaban J connectivity index is 1.01. The largest absolute Gasteiger partial charge is 0.339 e. The number of amides is 3. The summed E-state index contributed by atoms with van der Waals surface area (Å²) in [5.74, 6) is 2.80. The fourth-order valence-electron chi connectivity index (χ4n) is 8.58. The topological polar surface area (TPSA) is 60.9 Å². The van der Waals surface area contributed by atoms with Crippen molar-refractivity contribution in [1.29, 1.82) is 0 Å². The summed E-state index contributed by atoms with van der Waals surface area (Å²) in [6.45, 7) is 3.10. The Bertz CT molecular complexity index is 949. The molecule has 6 fully saturated rings. The third-order valence-corrected chi connectivity index (χ3v) is 9.93. The molecule has 36 heavy (non-hydrogen) atoms. The van der Waals surface area contributed by atoms with Gasteiger partial charge >= 0.3 is 0 Å². The van der Waals surface area contributed by atoms with E-state index in [1.807, 2.05) is 32.9 Å². The summed E-state index contributed by atoms with van der Waals surface area (Å²) in [6.07, 6.45) is 11.2. The van der Waals surface area contributed by atoms with Gasteiger partial charge in [0.05, 0.1) is 5.41 Å². The highest BCUT2D eigenvalue weighted by Crippen LogP contribution is 2.60. The van der Waals surface area contributed by atoms with Crippen LogP contribution in [0.5, 0.6) is 0 Å². The van der Waals surface area contributed by atoms with Gasteiger partial charge in [0.1, 0.15) is 6.04 Å². The lowest BCUT2D eigenvalue weighted by molar-refractivity contribution is -0.162. The fourth-order valence-corrected chi connectivity index (χ4v) is 8.58. The summed E-state index contributed by atoms with van der Waals surface area (Å²) >= 11 is 0. The summed E-state index contributed by atoms with van der Waals surface area (Å²) < 4.78 is 0. The molecule has 4 saturated carbocycles. The molecule has 4 aliphatic carbocycles. The maximum atomic E-state index is 13.9. The second kappa shape index (κ2) is 9.83. The first-order chi connectivity index (χ1) is 17.5. The van der Waals surface area contributed by atoms with Crippen molar-refractivity contribution in [2.24, 2.45) is 23.2 Å². The van der Waals surface area contributed by atoms with E-state index in [4.69, 9.17) is 0 Å². The van der Waals surface area contributed by atoms with Crippen LogP contribution in [0, 0.1) is 23.2 Å². The van der Waals surface area contributed by atoms with Crippen molar-refractivity contribution in [3.05, 3.63) is 35.9 Å². The van der Waals surface area contributed by atoms with E-state index in [2.05, 4.69) is 12.1 Å². The Labute approximate surface area is 215 Å². The minimum absolute atomic E-state index is 0.113. The highest BCUT2D eigenvalue weighted by Gasteiger charge is 2.57. The van der Waals surface area contributed by atoms with Crippen LogP contribution < -0.4 is 0 Å². The molecular weight excluding hydrogens is 450 g/mol. The molecule has 0 N–H and O–H groups in total. The molecule has 2 aliphatic heterocycles. The third kappa shape index (κ3) is 4.56. The smallest absolute Gasteiger partial charge is 0.245 e. The van der Waals surface area contributed by atoms with E-state index in [0.29, 0.717) is 38.5 Å². The van der Waals surface area contributed by atoms with Crippen LogP contribution in [0.2, 0.25) is 0 Å². The van der Waals surface area contributed by atoms with Crippen LogP contribution in [0.3, 0.4) is 0 Å². The SMILES string of the molecule is O=C(CCCc1ccccc1)N1CCN(C(=O)C2CCCN2C(=O)C23CC4CC(CC(C4)C2)C3)CC1. The summed E-state index contributed by atoms with van der Waals surface area (Å²) in [7, 11) is 0. The van der Waals surface area contributed by atoms with E-state index in [0.717, 1.165) is 69.2 Å². The molecule has 3 amide bonds. The number of piperazine rings is 1. The number of likely N-dealkylation sites (tertiary alicyclic amines) is 1. The van der Waals surface area contributed by atoms with Gasteiger partial charge in [0.25, 0.3) is 0 Å². The zero-order valence-corrected chi connectivity index (χ0v) is 21.6. The van der Waals surface area contributed by atoms with E-state index >= 15 is 0 Å². The first-order valence-corrected chi connectivity index (χ1v) is 14.4. The van der Waals surface area contributed by atoms with Gasteiger partial charge in [0.15, 0.2) is 0 Å². The molecule has 0 spiro atoms. The van der Waals surface area contributed by atoms with Gasteiger partial charge in [-0.05, 0) is 87.5 Å². The number of benzene rings is 1. The monoisotopic (exact) mass is 491 g/mol. The maximum absolute atomic E-state index is 13.9. The highest BCUT2D eigenvalue weighted by molar-refractivity contribution is 5.91. The van der Waals surface area contributed by atoms with Crippen LogP contribution in [0.4, 0.5) is 0 Å². The first kappa shape index (κ1) is 24.0. The molecule has 1 aromatic rings. The summed E-state index contributed by atoms with van der Waals surface area (Å²) in [6, 6.07) is 10.0. The van der Waals surface area contributed by atoms with E-state index in [-0.39, 0.29) is 23.3 Å². The molecule has 6 heteroatoms. The Morgan fingerprint density at radius 2 is 1.42 bits per heavy atom. The lowest BCUT2D eigenvalue weighted by Crippen LogP contribution is -2.59. The van der Waals surface area contributed by atoms with Gasteiger partial charge in [0.2, 0.25) is 17.7 Å². The third-order valence-electron chi connectivity index (χ3n) is 9.93. The Morgan fingerprint density at radius 1 is 0.806 bits per heavy atom. The standard InChI is InChI=1S/C30H41N3O3/c34-27(10-4-8-22-6-2-1-3-7-22)31-12-14-32(15-13-31)28(35)26-9-5-11-33(26)29(36)30-19-23-16-24(20-30)18-25(17-23)21-30/h1-3,6-7,23-26H,4-5,8-21H2. The molecule has 0 aromatic heterocycles. The Kier molecular flexibility index (Phi) is 6.55. The molecule has 6 nitrogen and oxygen atoms in total. The average Bonchev–Trinajstić information content (AvgIpc) is 3.37. The zero-order valence-electron chi connectivity index (χ0n) is 21.6. The van der Waals surface area contributed by atoms with Gasteiger partial charge in [-0.25, -0.2) is 0 Å². The predicted octanol–water partition coefficient (Wildman–Crippen LogP) is 3.89. The molecule has 7 rings (SSSR count). The number of carbonyl (C=O) groups is 3. The first-order valence-electron chi connectivity index (χ1n) is 14.4. The van der Waals surface area contributed by atoms with E-state index < -0.39 is 0 Å². The maximum Gasteiger partial charge on any atom is 0.245 e. The van der Waals surface area contributed by atoms with E-state index in [1.165, 1.54) is 24.8 Å². The van der Waals surface area contributed by atoms with Crippen LogP contribution in [-0.2, 0) is 20.8 Å². The normalized spacial score (nSPS) is 33.3. The molecule has 2 heterocycles. The lowest BCUT2D eigenvalue weighted by atomic mass is 9.49. The molecular formula is C30H41N3O3. The van der Waals surface area contributed by atoms with E-state index in [1.54, 1.807) is 0 Å². The fraction of sp³-hybridized carbons (Fsp3) is 0.700. The summed E-state index contributed by atoms with van der Waals surface area (Å²) in [5, 5.41) is 0. The Hall–Kier alpha value is -2.37. The van der Waals surface area contributed by atoms with Crippen molar-refractivity contribution in [3.63, 3.8) is 0 Å². The second-order valence-corrected chi connectivity index (χ2v) is 12.4. The quantitative estimate of drug-likeness (QED) is 0.607. The molecule has 1 aromatic carbocycles. The molecule has 194 valence electrons. The number of nitrogens with zero attached hydrogens (tertiary/aromatic N) is 3. The molecule has 4 bridgehead atoms. The number of carbonyl (C=O) groups excluding carboxylic acids is 3. The van der Waals surface area contributed by atoms with Crippen LogP contribution in [0.25, 0.3) is 0 Å². The number of hydrogen-bond donors (Lipinski definition) is 0. The van der Waals surface area contributed by atoms with Gasteiger partial charge in [-0.2, -0.15) is 0 Å². The number of rotatable bonds is 6. The lowest BCUT2D eigenvalue weighted by Gasteiger charge is -2.56. The van der Waals surface area contributed by atoms with Crippen molar-refractivity contribution in [3.8, 4) is 0 Å². The van der Waals surface area contributed by atoms with Gasteiger partial charge < -0.3 is 14.7 Å². The van der Waals surface area contributed by atoms with Crippen molar-refractivity contribution in [2.75, 3.05) is 32.7 Å². The van der Waals surface area contributed by atoms with Gasteiger partial charge in [-0.15, -0.1) is 0 Å². The second-order valence-electron chi connectivity index (χ2n) is 12.4. The molecule has 2 saturated heterocycles. The van der Waals surface area contributed by atoms with Crippen molar-refractivity contribution in [1.82, 2.24) is 14.7 Å². The van der Waals surface area contributed by atoms with Crippen molar-refractivity contribution in [2.45, 2.75) is 76.7 Å². The molecule has 1 unspecified atom stereocenters. The summed E-state index contributed by atoms with van der Waals surface area (Å²) in [4.78, 5) is 46.1. The molecule has 1 atom stereocenters. The highest BCUT2D eigenvalue weighted by atomic mass is 16.2. The van der Waals surface area contributed by atoms with Gasteiger partial charge in [-0.1, -0.05) is 30.3 Å². The predicted molar refractivity (Wildman–Crippen MR) is 138 cm³/mol. The van der Waals surface area contributed by atoms with Gasteiger partial charge in [-0.3, -0.25) is 14.4 Å². The van der Waals surface area contributed by atoms with E-state index in [9.17, 15) is 14.4 Å². The number of hydrogen-bond acceptors (Lipinski definition) is 3. The van der Waals surface area contributed by atoms with Gasteiger partial charge in [0, 0.05) is 39.1 Å². The minimum Gasteiger partial charge on any atom is -0.339 e. The minimum atomic E-state index is -0.293. The number of aryl methyl sites for hydroxylation is 1. The Morgan fingerprint density at radius 3 is 2.06 bits per heavy atom. The van der Waals surface area contributed by atoms with Crippen LogP contribution in [0.15, 0.2) is 30.3 Å². The van der Waals surface area contributed by atoms with Crippen LogP contribution in [-0.4, -0.2) is 71.2 Å². The average molecular weight is 492 g/mol. The molecule has 0 radical (unpaired) electrons. The summed E-state index contributed by atoms with van der Waals surface area (Å²) in [5.41, 5.74) is 1.09. The van der Waals surface area contributed by atoms with Crippen LogP contribution >= 0.6 is 0 Å². The van der Waals surface area contributed by atoms with Crippen molar-refractivity contribution >= 4 is 17.7 Å². The van der Waals surface area contributed by atoms with Crippen LogP contribution in [0.1, 0.15) is 69.8 Å². The zero-order chi connectivity index (χ0) is 24.7.